The normalized spacial score (nSPS) is 12.5. The van der Waals surface area contributed by atoms with Gasteiger partial charge >= 0.3 is 0 Å². The fraction of sp³-hybridized carbons (Fsp3) is 0.462. The highest BCUT2D eigenvalue weighted by Crippen LogP contribution is 2.16. The van der Waals surface area contributed by atoms with Gasteiger partial charge in [0.2, 0.25) is 0 Å². The third-order valence-electron chi connectivity index (χ3n) is 2.66. The predicted octanol–water partition coefficient (Wildman–Crippen LogP) is 2.21. The second kappa shape index (κ2) is 6.66. The molecule has 1 unspecified atom stereocenters. The number of benzene rings is 1. The van der Waals surface area contributed by atoms with Gasteiger partial charge in [0, 0.05) is 17.3 Å². The van der Waals surface area contributed by atoms with Crippen LogP contribution in [-0.4, -0.2) is 36.6 Å². The zero-order valence-corrected chi connectivity index (χ0v) is 11.9. The Morgan fingerprint density at radius 1 is 1.50 bits per heavy atom. The number of nitrogens with one attached hydrogen (secondary N) is 1. The maximum Gasteiger partial charge on any atom is 0.135 e. The summed E-state index contributed by atoms with van der Waals surface area (Å²) in [6, 6.07) is 5.12. The molecule has 0 heterocycles. The molecule has 1 rings (SSSR count). The van der Waals surface area contributed by atoms with Crippen molar-refractivity contribution < 1.29 is 4.39 Å². The summed E-state index contributed by atoms with van der Waals surface area (Å²) in [4.78, 5) is 2.20. The van der Waals surface area contributed by atoms with E-state index in [1.54, 1.807) is 12.1 Å². The summed E-state index contributed by atoms with van der Waals surface area (Å²) < 4.78 is 13.6. The molecule has 0 spiro atoms. The SMILES string of the molecule is CC(CCN(C)C)Nc1ccc(C(N)=S)c(F)c1. The molecule has 0 radical (unpaired) electrons. The van der Waals surface area contributed by atoms with Gasteiger partial charge in [0.15, 0.2) is 0 Å². The molecule has 0 aromatic heterocycles. The number of rotatable bonds is 6. The van der Waals surface area contributed by atoms with Gasteiger partial charge in [-0.05, 0) is 52.2 Å². The van der Waals surface area contributed by atoms with Crippen LogP contribution in [-0.2, 0) is 0 Å². The van der Waals surface area contributed by atoms with E-state index in [1.807, 2.05) is 14.1 Å². The summed E-state index contributed by atoms with van der Waals surface area (Å²) in [5.41, 5.74) is 6.45. The first-order valence-electron chi connectivity index (χ1n) is 5.90. The van der Waals surface area contributed by atoms with Crippen molar-refractivity contribution in [2.24, 2.45) is 5.73 Å². The smallest absolute Gasteiger partial charge is 0.135 e. The topological polar surface area (TPSA) is 41.3 Å². The van der Waals surface area contributed by atoms with Gasteiger partial charge < -0.3 is 16.0 Å². The Balaban J connectivity index is 2.63. The number of hydrogen-bond donors (Lipinski definition) is 2. The molecule has 1 aromatic carbocycles. The third-order valence-corrected chi connectivity index (χ3v) is 2.88. The minimum atomic E-state index is -0.382. The Kier molecular flexibility index (Phi) is 5.50. The van der Waals surface area contributed by atoms with E-state index in [0.717, 1.165) is 18.7 Å². The monoisotopic (exact) mass is 269 g/mol. The molecule has 18 heavy (non-hydrogen) atoms. The molecule has 1 atom stereocenters. The van der Waals surface area contributed by atoms with E-state index in [1.165, 1.54) is 6.07 Å². The van der Waals surface area contributed by atoms with Crippen LogP contribution < -0.4 is 11.1 Å². The van der Waals surface area contributed by atoms with Crippen LogP contribution >= 0.6 is 12.2 Å². The molecule has 0 aliphatic rings. The molecule has 0 fully saturated rings. The molecule has 0 saturated carbocycles. The fourth-order valence-electron chi connectivity index (χ4n) is 1.61. The van der Waals surface area contributed by atoms with Crippen molar-refractivity contribution in [1.82, 2.24) is 4.90 Å². The van der Waals surface area contributed by atoms with Gasteiger partial charge in [-0.3, -0.25) is 0 Å². The van der Waals surface area contributed by atoms with Crippen LogP contribution in [0, 0.1) is 5.82 Å². The molecule has 0 saturated heterocycles. The average Bonchev–Trinajstić information content (AvgIpc) is 2.26. The lowest BCUT2D eigenvalue weighted by atomic mass is 10.1. The quantitative estimate of drug-likeness (QED) is 0.777. The molecular weight excluding hydrogens is 249 g/mol. The number of nitrogens with zero attached hydrogens (tertiary/aromatic N) is 1. The van der Waals surface area contributed by atoms with Crippen molar-refractivity contribution in [3.8, 4) is 0 Å². The van der Waals surface area contributed by atoms with Crippen LogP contribution in [0.3, 0.4) is 0 Å². The summed E-state index contributed by atoms with van der Waals surface area (Å²) in [6.45, 7) is 3.06. The molecule has 0 aliphatic carbocycles. The Hall–Kier alpha value is -1.20. The van der Waals surface area contributed by atoms with Gasteiger partial charge in [-0.1, -0.05) is 12.2 Å². The van der Waals surface area contributed by atoms with E-state index < -0.39 is 0 Å². The maximum atomic E-state index is 13.6. The van der Waals surface area contributed by atoms with Crippen LogP contribution in [0.5, 0.6) is 0 Å². The summed E-state index contributed by atoms with van der Waals surface area (Å²) >= 11 is 4.76. The number of hydrogen-bond acceptors (Lipinski definition) is 3. The van der Waals surface area contributed by atoms with Gasteiger partial charge in [0.1, 0.15) is 10.8 Å². The number of anilines is 1. The van der Waals surface area contributed by atoms with Crippen molar-refractivity contribution >= 4 is 22.9 Å². The summed E-state index contributed by atoms with van der Waals surface area (Å²) in [7, 11) is 4.06. The van der Waals surface area contributed by atoms with Gasteiger partial charge in [-0.25, -0.2) is 4.39 Å². The molecule has 3 nitrogen and oxygen atoms in total. The minimum Gasteiger partial charge on any atom is -0.389 e. The van der Waals surface area contributed by atoms with E-state index in [2.05, 4.69) is 17.1 Å². The lowest BCUT2D eigenvalue weighted by molar-refractivity contribution is 0.390. The van der Waals surface area contributed by atoms with Crippen LogP contribution in [0.25, 0.3) is 0 Å². The van der Waals surface area contributed by atoms with E-state index in [-0.39, 0.29) is 22.4 Å². The Labute approximate surface area is 113 Å². The maximum absolute atomic E-state index is 13.6. The number of thiocarbonyl (C=S) groups is 1. The van der Waals surface area contributed by atoms with Crippen LogP contribution in [0.1, 0.15) is 18.9 Å². The van der Waals surface area contributed by atoms with Gasteiger partial charge in [-0.15, -0.1) is 0 Å². The van der Waals surface area contributed by atoms with Crippen molar-refractivity contribution in [3.63, 3.8) is 0 Å². The lowest BCUT2D eigenvalue weighted by Crippen LogP contribution is -2.23. The van der Waals surface area contributed by atoms with E-state index in [4.69, 9.17) is 18.0 Å². The van der Waals surface area contributed by atoms with E-state index >= 15 is 0 Å². The number of halogens is 1. The zero-order valence-electron chi connectivity index (χ0n) is 11.0. The molecule has 100 valence electrons. The second-order valence-electron chi connectivity index (χ2n) is 4.70. The first-order chi connectivity index (χ1) is 8.40. The molecule has 0 aliphatic heterocycles. The molecule has 0 bridgehead atoms. The van der Waals surface area contributed by atoms with Gasteiger partial charge in [-0.2, -0.15) is 0 Å². The van der Waals surface area contributed by atoms with Crippen molar-refractivity contribution in [3.05, 3.63) is 29.6 Å². The fourth-order valence-corrected chi connectivity index (χ4v) is 1.78. The van der Waals surface area contributed by atoms with Crippen LogP contribution in [0.15, 0.2) is 18.2 Å². The molecule has 3 N–H and O–H groups in total. The van der Waals surface area contributed by atoms with Gasteiger partial charge in [0.05, 0.1) is 0 Å². The van der Waals surface area contributed by atoms with E-state index in [0.29, 0.717) is 0 Å². The largest absolute Gasteiger partial charge is 0.389 e. The van der Waals surface area contributed by atoms with Crippen molar-refractivity contribution in [2.45, 2.75) is 19.4 Å². The molecule has 0 amide bonds. The van der Waals surface area contributed by atoms with Gasteiger partial charge in [0.25, 0.3) is 0 Å². The van der Waals surface area contributed by atoms with Crippen LogP contribution in [0.2, 0.25) is 0 Å². The molecular formula is C13H20FN3S. The first kappa shape index (κ1) is 14.9. The third kappa shape index (κ3) is 4.58. The highest BCUT2D eigenvalue weighted by atomic mass is 32.1. The zero-order chi connectivity index (χ0) is 13.7. The number of nitrogens with two attached hydrogens (primary N) is 1. The Bertz CT molecular complexity index is 421. The molecule has 5 heteroatoms. The predicted molar refractivity (Wildman–Crippen MR) is 78.5 cm³/mol. The average molecular weight is 269 g/mol. The van der Waals surface area contributed by atoms with Crippen LogP contribution in [0.4, 0.5) is 10.1 Å². The minimum absolute atomic E-state index is 0.0831. The standard InChI is InChI=1S/C13H20FN3S/c1-9(6-7-17(2)3)16-10-4-5-11(13(15)18)12(14)8-10/h4-5,8-9,16H,6-7H2,1-3H3,(H2,15,18). The van der Waals surface area contributed by atoms with E-state index in [9.17, 15) is 4.39 Å². The summed E-state index contributed by atoms with van der Waals surface area (Å²) in [5, 5.41) is 3.25. The summed E-state index contributed by atoms with van der Waals surface area (Å²) in [5.74, 6) is -0.382. The Morgan fingerprint density at radius 3 is 2.67 bits per heavy atom. The first-order valence-corrected chi connectivity index (χ1v) is 6.31. The molecule has 1 aromatic rings. The summed E-state index contributed by atoms with van der Waals surface area (Å²) in [6.07, 6.45) is 0.992. The lowest BCUT2D eigenvalue weighted by Gasteiger charge is -2.18. The van der Waals surface area contributed by atoms with Crippen molar-refractivity contribution in [2.75, 3.05) is 26.0 Å². The highest BCUT2D eigenvalue weighted by Gasteiger charge is 2.08. The van der Waals surface area contributed by atoms with Crippen molar-refractivity contribution in [1.29, 1.82) is 0 Å². The second-order valence-corrected chi connectivity index (χ2v) is 5.14. The Morgan fingerprint density at radius 2 is 2.17 bits per heavy atom. The highest BCUT2D eigenvalue weighted by molar-refractivity contribution is 7.80.